The smallest absolute Gasteiger partial charge is 0.0417 e. The van der Waals surface area contributed by atoms with Gasteiger partial charge < -0.3 is 5.32 Å². The van der Waals surface area contributed by atoms with Gasteiger partial charge in [-0.15, -0.1) is 0 Å². The van der Waals surface area contributed by atoms with E-state index in [-0.39, 0.29) is 0 Å². The van der Waals surface area contributed by atoms with Gasteiger partial charge in [0, 0.05) is 9.50 Å². The van der Waals surface area contributed by atoms with Crippen molar-refractivity contribution in [2.24, 2.45) is 0 Å². The van der Waals surface area contributed by atoms with Crippen molar-refractivity contribution in [3.63, 3.8) is 0 Å². The lowest BCUT2D eigenvalue weighted by atomic mass is 10.2. The molecule has 0 amide bonds. The molecule has 14 heavy (non-hydrogen) atoms. The molecule has 1 rings (SSSR count). The first-order valence-electron chi connectivity index (χ1n) is 4.50. The lowest BCUT2D eigenvalue weighted by Gasteiger charge is -1.98. The van der Waals surface area contributed by atoms with Crippen LogP contribution in [0, 0.1) is 0 Å². The standard InChI is InChI=1S/C11H13BrClN/c1-14-7-3-2-4-9-5-6-10(13)8-11(9)12/h2,4-6,8,14H,3,7H2,1H3. The normalized spacial score (nSPS) is 11.1. The summed E-state index contributed by atoms with van der Waals surface area (Å²) >= 11 is 9.30. The minimum atomic E-state index is 0.754. The number of halogens is 2. The molecule has 1 N–H and O–H groups in total. The van der Waals surface area contributed by atoms with Gasteiger partial charge in [0.05, 0.1) is 0 Å². The van der Waals surface area contributed by atoms with Gasteiger partial charge in [-0.05, 0) is 37.7 Å². The second-order valence-corrected chi connectivity index (χ2v) is 4.25. The van der Waals surface area contributed by atoms with Gasteiger partial charge in [0.1, 0.15) is 0 Å². The van der Waals surface area contributed by atoms with Gasteiger partial charge in [-0.2, -0.15) is 0 Å². The molecule has 0 atom stereocenters. The fraction of sp³-hybridized carbons (Fsp3) is 0.273. The Morgan fingerprint density at radius 3 is 2.93 bits per heavy atom. The van der Waals surface area contributed by atoms with Crippen molar-refractivity contribution in [1.29, 1.82) is 0 Å². The van der Waals surface area contributed by atoms with Crippen molar-refractivity contribution in [3.8, 4) is 0 Å². The molecule has 0 aliphatic heterocycles. The van der Waals surface area contributed by atoms with Crippen molar-refractivity contribution in [2.45, 2.75) is 6.42 Å². The maximum atomic E-state index is 5.84. The van der Waals surface area contributed by atoms with E-state index in [1.165, 1.54) is 0 Å². The first kappa shape index (κ1) is 11.8. The second-order valence-electron chi connectivity index (χ2n) is 2.96. The molecule has 0 spiro atoms. The fourth-order valence-corrected chi connectivity index (χ4v) is 1.89. The molecule has 0 fully saturated rings. The van der Waals surface area contributed by atoms with Crippen LogP contribution in [0.25, 0.3) is 6.08 Å². The minimum Gasteiger partial charge on any atom is -0.319 e. The Bertz CT molecular complexity index is 323. The average Bonchev–Trinajstić information content (AvgIpc) is 2.15. The Balaban J connectivity index is 2.62. The molecule has 0 aliphatic rings. The predicted molar refractivity (Wildman–Crippen MR) is 66.7 cm³/mol. The number of hydrogen-bond donors (Lipinski definition) is 1. The van der Waals surface area contributed by atoms with Crippen molar-refractivity contribution in [2.75, 3.05) is 13.6 Å². The molecule has 1 aromatic rings. The molecule has 0 radical (unpaired) electrons. The summed E-state index contributed by atoms with van der Waals surface area (Å²) in [6.45, 7) is 1.00. The lowest BCUT2D eigenvalue weighted by Crippen LogP contribution is -2.05. The largest absolute Gasteiger partial charge is 0.319 e. The number of rotatable bonds is 4. The Kier molecular flexibility index (Phi) is 5.23. The van der Waals surface area contributed by atoms with E-state index in [4.69, 9.17) is 11.6 Å². The average molecular weight is 275 g/mol. The third-order valence-electron chi connectivity index (χ3n) is 1.82. The van der Waals surface area contributed by atoms with E-state index in [9.17, 15) is 0 Å². The highest BCUT2D eigenvalue weighted by molar-refractivity contribution is 9.10. The van der Waals surface area contributed by atoms with E-state index < -0.39 is 0 Å². The zero-order valence-electron chi connectivity index (χ0n) is 8.06. The molecule has 0 saturated carbocycles. The molecule has 0 heterocycles. The van der Waals surface area contributed by atoms with E-state index in [1.54, 1.807) is 0 Å². The van der Waals surface area contributed by atoms with Gasteiger partial charge in [0.25, 0.3) is 0 Å². The van der Waals surface area contributed by atoms with E-state index in [0.29, 0.717) is 0 Å². The summed E-state index contributed by atoms with van der Waals surface area (Å²) in [6.07, 6.45) is 5.27. The number of nitrogens with one attached hydrogen (secondary N) is 1. The molecule has 0 bridgehead atoms. The molecule has 3 heteroatoms. The summed E-state index contributed by atoms with van der Waals surface area (Å²) in [6, 6.07) is 5.80. The van der Waals surface area contributed by atoms with E-state index >= 15 is 0 Å². The van der Waals surface area contributed by atoms with Gasteiger partial charge in [0.15, 0.2) is 0 Å². The Hall–Kier alpha value is -0.310. The van der Waals surface area contributed by atoms with Crippen LogP contribution in [-0.2, 0) is 0 Å². The van der Waals surface area contributed by atoms with Crippen molar-refractivity contribution in [1.82, 2.24) is 5.32 Å². The van der Waals surface area contributed by atoms with Crippen LogP contribution in [0.1, 0.15) is 12.0 Å². The van der Waals surface area contributed by atoms with Crippen LogP contribution in [0.2, 0.25) is 5.02 Å². The van der Waals surface area contributed by atoms with Crippen LogP contribution in [0.3, 0.4) is 0 Å². The van der Waals surface area contributed by atoms with E-state index in [0.717, 1.165) is 28.0 Å². The quantitative estimate of drug-likeness (QED) is 0.825. The van der Waals surface area contributed by atoms with Crippen LogP contribution in [-0.4, -0.2) is 13.6 Å². The topological polar surface area (TPSA) is 12.0 Å². The summed E-state index contributed by atoms with van der Waals surface area (Å²) in [4.78, 5) is 0. The zero-order chi connectivity index (χ0) is 10.4. The van der Waals surface area contributed by atoms with E-state index in [2.05, 4.69) is 33.4 Å². The van der Waals surface area contributed by atoms with Crippen LogP contribution in [0.5, 0.6) is 0 Å². The summed E-state index contributed by atoms with van der Waals surface area (Å²) in [5, 5.41) is 3.85. The highest BCUT2D eigenvalue weighted by Gasteiger charge is 1.95. The minimum absolute atomic E-state index is 0.754. The Morgan fingerprint density at radius 2 is 2.29 bits per heavy atom. The van der Waals surface area contributed by atoms with Crippen LogP contribution < -0.4 is 5.32 Å². The Morgan fingerprint density at radius 1 is 1.50 bits per heavy atom. The SMILES string of the molecule is CNCCC=Cc1ccc(Cl)cc1Br. The summed E-state index contributed by atoms with van der Waals surface area (Å²) in [7, 11) is 1.95. The maximum Gasteiger partial charge on any atom is 0.0417 e. The number of benzene rings is 1. The van der Waals surface area contributed by atoms with Crippen molar-refractivity contribution < 1.29 is 0 Å². The third kappa shape index (κ3) is 3.82. The molecular weight excluding hydrogens is 261 g/mol. The van der Waals surface area contributed by atoms with Crippen molar-refractivity contribution >= 4 is 33.6 Å². The maximum absolute atomic E-state index is 5.84. The van der Waals surface area contributed by atoms with E-state index in [1.807, 2.05) is 25.2 Å². The predicted octanol–water partition coefficient (Wildman–Crippen LogP) is 3.73. The molecule has 76 valence electrons. The molecule has 1 nitrogen and oxygen atoms in total. The summed E-state index contributed by atoms with van der Waals surface area (Å²) < 4.78 is 1.03. The summed E-state index contributed by atoms with van der Waals surface area (Å²) in [5.41, 5.74) is 1.16. The third-order valence-corrected chi connectivity index (χ3v) is 2.74. The Labute approximate surface area is 98.3 Å². The monoisotopic (exact) mass is 273 g/mol. The highest BCUT2D eigenvalue weighted by Crippen LogP contribution is 2.22. The molecule has 0 saturated heterocycles. The number of hydrogen-bond acceptors (Lipinski definition) is 1. The molecule has 0 aromatic heterocycles. The van der Waals surface area contributed by atoms with Crippen LogP contribution in [0.4, 0.5) is 0 Å². The fourth-order valence-electron chi connectivity index (χ4n) is 1.07. The van der Waals surface area contributed by atoms with Gasteiger partial charge in [-0.3, -0.25) is 0 Å². The zero-order valence-corrected chi connectivity index (χ0v) is 10.4. The lowest BCUT2D eigenvalue weighted by molar-refractivity contribution is 0.809. The van der Waals surface area contributed by atoms with Crippen LogP contribution >= 0.6 is 27.5 Å². The van der Waals surface area contributed by atoms with Gasteiger partial charge in [0.2, 0.25) is 0 Å². The molecular formula is C11H13BrClN. The second kappa shape index (κ2) is 6.23. The van der Waals surface area contributed by atoms with Gasteiger partial charge in [-0.1, -0.05) is 45.7 Å². The van der Waals surface area contributed by atoms with Crippen LogP contribution in [0.15, 0.2) is 28.7 Å². The molecule has 0 aliphatic carbocycles. The summed E-state index contributed by atoms with van der Waals surface area (Å²) in [5.74, 6) is 0. The first-order chi connectivity index (χ1) is 6.74. The van der Waals surface area contributed by atoms with Gasteiger partial charge in [-0.25, -0.2) is 0 Å². The highest BCUT2D eigenvalue weighted by atomic mass is 79.9. The molecule has 0 unspecified atom stereocenters. The first-order valence-corrected chi connectivity index (χ1v) is 5.67. The van der Waals surface area contributed by atoms with Crippen molar-refractivity contribution in [3.05, 3.63) is 39.3 Å². The molecule has 1 aromatic carbocycles. The van der Waals surface area contributed by atoms with Gasteiger partial charge >= 0.3 is 0 Å².